The summed E-state index contributed by atoms with van der Waals surface area (Å²) in [5, 5.41) is 0.849. The minimum absolute atomic E-state index is 0.128. The smallest absolute Gasteiger partial charge is 0.268 e. The van der Waals surface area contributed by atoms with Crippen molar-refractivity contribution in [3.63, 3.8) is 0 Å². The maximum atomic E-state index is 13.9. The Bertz CT molecular complexity index is 833. The number of para-hydroxylation sites is 1. The number of carbonyl (C=O) groups excluding carboxylic acids is 1. The van der Waals surface area contributed by atoms with Gasteiger partial charge in [0.1, 0.15) is 5.82 Å². The summed E-state index contributed by atoms with van der Waals surface area (Å²) in [4.78, 5) is 14.1. The van der Waals surface area contributed by atoms with E-state index in [0.29, 0.717) is 20.5 Å². The van der Waals surface area contributed by atoms with Gasteiger partial charge < -0.3 is 0 Å². The van der Waals surface area contributed by atoms with Gasteiger partial charge in [-0.1, -0.05) is 65.4 Å². The van der Waals surface area contributed by atoms with E-state index in [2.05, 4.69) is 0 Å². The second kappa shape index (κ2) is 6.61. The Morgan fingerprint density at radius 2 is 1.74 bits per heavy atom. The van der Waals surface area contributed by atoms with Gasteiger partial charge in [0, 0.05) is 15.6 Å². The first-order chi connectivity index (χ1) is 11.0. The summed E-state index contributed by atoms with van der Waals surface area (Å²) in [5.41, 5.74) is 0.661. The number of anilines is 1. The highest BCUT2D eigenvalue weighted by molar-refractivity contribution is 8.27. The first kappa shape index (κ1) is 16.5. The number of hydrogen-bond acceptors (Lipinski definition) is 3. The van der Waals surface area contributed by atoms with Gasteiger partial charge in [-0.3, -0.25) is 9.69 Å². The van der Waals surface area contributed by atoms with Crippen LogP contribution in [0.3, 0.4) is 0 Å². The molecule has 0 atom stereocenters. The van der Waals surface area contributed by atoms with E-state index in [1.165, 1.54) is 17.0 Å². The Hall–Kier alpha value is -1.40. The van der Waals surface area contributed by atoms with E-state index in [4.69, 9.17) is 35.4 Å². The quantitative estimate of drug-likeness (QED) is 0.501. The van der Waals surface area contributed by atoms with Crippen molar-refractivity contribution in [1.82, 2.24) is 0 Å². The molecule has 0 radical (unpaired) electrons. The summed E-state index contributed by atoms with van der Waals surface area (Å²) in [6, 6.07) is 11.1. The van der Waals surface area contributed by atoms with Crippen molar-refractivity contribution >= 4 is 69.2 Å². The van der Waals surface area contributed by atoms with Gasteiger partial charge in [-0.25, -0.2) is 4.39 Å². The number of benzene rings is 2. The second-order valence-electron chi connectivity index (χ2n) is 4.60. The molecule has 0 unspecified atom stereocenters. The molecule has 3 rings (SSSR count). The molecule has 23 heavy (non-hydrogen) atoms. The fourth-order valence-electron chi connectivity index (χ4n) is 2.09. The second-order valence-corrected chi connectivity index (χ2v) is 7.09. The van der Waals surface area contributed by atoms with Crippen LogP contribution in [0.5, 0.6) is 0 Å². The molecule has 2 nitrogen and oxygen atoms in total. The molecule has 1 aliphatic rings. The topological polar surface area (TPSA) is 20.3 Å². The van der Waals surface area contributed by atoms with E-state index in [1.807, 2.05) is 0 Å². The van der Waals surface area contributed by atoms with Gasteiger partial charge in [-0.2, -0.15) is 0 Å². The number of hydrogen-bond donors (Lipinski definition) is 0. The molecule has 0 N–H and O–H groups in total. The van der Waals surface area contributed by atoms with Crippen LogP contribution in [0.4, 0.5) is 10.1 Å². The maximum Gasteiger partial charge on any atom is 0.270 e. The van der Waals surface area contributed by atoms with Gasteiger partial charge in [0.2, 0.25) is 0 Å². The Morgan fingerprint density at radius 3 is 2.39 bits per heavy atom. The molecule has 1 fully saturated rings. The third kappa shape index (κ3) is 3.15. The zero-order valence-electron chi connectivity index (χ0n) is 11.4. The van der Waals surface area contributed by atoms with Crippen LogP contribution in [-0.4, -0.2) is 10.2 Å². The number of thiocarbonyl (C=S) groups is 1. The molecule has 1 amide bonds. The fraction of sp³-hybridized carbons (Fsp3) is 0. The van der Waals surface area contributed by atoms with Crippen LogP contribution < -0.4 is 4.90 Å². The normalized spacial score (nSPS) is 16.5. The van der Waals surface area contributed by atoms with E-state index in [-0.39, 0.29) is 10.0 Å². The Morgan fingerprint density at radius 1 is 1.09 bits per heavy atom. The average Bonchev–Trinajstić information content (AvgIpc) is 2.78. The molecule has 1 aliphatic heterocycles. The number of carbonyl (C=O) groups is 1. The zero-order chi connectivity index (χ0) is 16.6. The van der Waals surface area contributed by atoms with Crippen molar-refractivity contribution in [2.45, 2.75) is 0 Å². The van der Waals surface area contributed by atoms with Crippen molar-refractivity contribution in [3.8, 4) is 0 Å². The minimum Gasteiger partial charge on any atom is -0.268 e. The van der Waals surface area contributed by atoms with Gasteiger partial charge >= 0.3 is 0 Å². The van der Waals surface area contributed by atoms with Crippen molar-refractivity contribution in [2.24, 2.45) is 0 Å². The summed E-state index contributed by atoms with van der Waals surface area (Å²) in [6.45, 7) is 0. The lowest BCUT2D eigenvalue weighted by Gasteiger charge is -2.14. The molecule has 0 spiro atoms. The molecule has 0 aliphatic carbocycles. The van der Waals surface area contributed by atoms with Gasteiger partial charge in [-0.15, -0.1) is 0 Å². The number of nitrogens with zero attached hydrogens (tertiary/aromatic N) is 1. The summed E-state index contributed by atoms with van der Waals surface area (Å²) >= 11 is 18.5. The molecule has 7 heteroatoms. The van der Waals surface area contributed by atoms with Gasteiger partial charge in [0.05, 0.1) is 10.6 Å². The van der Waals surface area contributed by atoms with Crippen molar-refractivity contribution in [2.75, 3.05) is 4.90 Å². The van der Waals surface area contributed by atoms with E-state index in [9.17, 15) is 9.18 Å². The summed E-state index contributed by atoms with van der Waals surface area (Å²) in [6.07, 6.45) is 1.57. The Labute approximate surface area is 151 Å². The highest BCUT2D eigenvalue weighted by Crippen LogP contribution is 2.38. The highest BCUT2D eigenvalue weighted by atomic mass is 35.5. The first-order valence-electron chi connectivity index (χ1n) is 6.45. The SMILES string of the molecule is O=C1C(=Cc2c(Cl)cccc2Cl)SC(=S)N1c1ccccc1F. The van der Waals surface area contributed by atoms with Crippen LogP contribution in [0.15, 0.2) is 47.4 Å². The predicted octanol–water partition coefficient (Wildman–Crippen LogP) is 5.54. The van der Waals surface area contributed by atoms with E-state index in [1.54, 1.807) is 36.4 Å². The number of rotatable bonds is 2. The Kier molecular flexibility index (Phi) is 4.73. The molecule has 0 saturated carbocycles. The molecule has 1 saturated heterocycles. The average molecular weight is 384 g/mol. The van der Waals surface area contributed by atoms with Gasteiger partial charge in [-0.05, 0) is 30.3 Å². The molecular formula is C16H8Cl2FNOS2. The van der Waals surface area contributed by atoms with E-state index >= 15 is 0 Å². The molecular weight excluding hydrogens is 376 g/mol. The Balaban J connectivity index is 2.02. The van der Waals surface area contributed by atoms with E-state index < -0.39 is 11.7 Å². The molecule has 116 valence electrons. The van der Waals surface area contributed by atoms with Crippen molar-refractivity contribution in [1.29, 1.82) is 0 Å². The molecule has 2 aromatic rings. The number of thioether (sulfide) groups is 1. The predicted molar refractivity (Wildman–Crippen MR) is 98.5 cm³/mol. The lowest BCUT2D eigenvalue weighted by Crippen LogP contribution is -2.28. The van der Waals surface area contributed by atoms with E-state index in [0.717, 1.165) is 11.8 Å². The van der Waals surface area contributed by atoms with Crippen LogP contribution in [0.25, 0.3) is 6.08 Å². The summed E-state index contributed by atoms with van der Waals surface area (Å²) in [7, 11) is 0. The number of amides is 1. The summed E-state index contributed by atoms with van der Waals surface area (Å²) < 4.78 is 14.2. The van der Waals surface area contributed by atoms with Crippen molar-refractivity contribution < 1.29 is 9.18 Å². The largest absolute Gasteiger partial charge is 0.270 e. The third-order valence-corrected chi connectivity index (χ3v) is 5.12. The monoisotopic (exact) mass is 383 g/mol. The number of halogens is 3. The van der Waals surface area contributed by atoms with Crippen molar-refractivity contribution in [3.05, 3.63) is 68.8 Å². The zero-order valence-corrected chi connectivity index (χ0v) is 14.6. The van der Waals surface area contributed by atoms with Crippen LogP contribution >= 0.6 is 47.2 Å². The third-order valence-electron chi connectivity index (χ3n) is 3.16. The molecule has 0 aromatic heterocycles. The first-order valence-corrected chi connectivity index (χ1v) is 8.43. The minimum atomic E-state index is -0.513. The lowest BCUT2D eigenvalue weighted by molar-refractivity contribution is -0.113. The van der Waals surface area contributed by atoms with Crippen LogP contribution in [0.2, 0.25) is 10.0 Å². The van der Waals surface area contributed by atoms with Crippen LogP contribution in [0.1, 0.15) is 5.56 Å². The van der Waals surface area contributed by atoms with Gasteiger partial charge in [0.25, 0.3) is 5.91 Å². The maximum absolute atomic E-state index is 13.9. The summed E-state index contributed by atoms with van der Waals surface area (Å²) in [5.74, 6) is -0.915. The standard InChI is InChI=1S/C16H8Cl2FNOS2/c17-10-4-3-5-11(18)9(10)8-14-15(21)20(16(22)23-14)13-7-2-1-6-12(13)19/h1-8H. The van der Waals surface area contributed by atoms with Crippen LogP contribution in [-0.2, 0) is 4.79 Å². The fourth-order valence-corrected chi connectivity index (χ4v) is 3.86. The van der Waals surface area contributed by atoms with Gasteiger partial charge in [0.15, 0.2) is 4.32 Å². The molecule has 2 aromatic carbocycles. The lowest BCUT2D eigenvalue weighted by atomic mass is 10.2. The van der Waals surface area contributed by atoms with Crippen LogP contribution in [0, 0.1) is 5.82 Å². The molecule has 0 bridgehead atoms. The molecule has 1 heterocycles. The highest BCUT2D eigenvalue weighted by Gasteiger charge is 2.34.